The summed E-state index contributed by atoms with van der Waals surface area (Å²) in [6.45, 7) is 0. The molecule has 0 saturated heterocycles. The minimum absolute atomic E-state index is 0.136. The number of hydrogen-bond acceptors (Lipinski definition) is 4. The van der Waals surface area contributed by atoms with Crippen molar-refractivity contribution in [2.24, 2.45) is 5.73 Å². The highest BCUT2D eigenvalue weighted by Gasteiger charge is 2.37. The van der Waals surface area contributed by atoms with Gasteiger partial charge in [0, 0.05) is 0 Å². The Morgan fingerprint density at radius 2 is 1.88 bits per heavy atom. The van der Waals surface area contributed by atoms with Crippen LogP contribution in [0.5, 0.6) is 0 Å². The van der Waals surface area contributed by atoms with Crippen molar-refractivity contribution in [3.63, 3.8) is 0 Å². The van der Waals surface area contributed by atoms with E-state index in [9.17, 15) is 13.2 Å². The molecule has 0 atom stereocenters. The Hall–Kier alpha value is -1.11. The van der Waals surface area contributed by atoms with E-state index in [1.807, 2.05) is 0 Å². The molecule has 1 aliphatic rings. The van der Waals surface area contributed by atoms with Crippen LogP contribution in [-0.4, -0.2) is 16.3 Å². The van der Waals surface area contributed by atoms with E-state index in [4.69, 9.17) is 10.3 Å². The fraction of sp³-hybridized carbons (Fsp3) is 0.800. The molecule has 7 heteroatoms. The van der Waals surface area contributed by atoms with Crippen molar-refractivity contribution >= 4 is 0 Å². The third-order valence-electron chi connectivity index (χ3n) is 3.00. The minimum Gasteiger partial charge on any atom is -0.337 e. The molecule has 1 aromatic rings. The molecular weight excluding hydrogens is 235 g/mol. The largest absolute Gasteiger partial charge is 0.396 e. The summed E-state index contributed by atoms with van der Waals surface area (Å²) < 4.78 is 41.3. The van der Waals surface area contributed by atoms with E-state index in [0.717, 1.165) is 19.3 Å². The Morgan fingerprint density at radius 1 is 1.24 bits per heavy atom. The van der Waals surface area contributed by atoms with E-state index in [-0.39, 0.29) is 11.7 Å². The van der Waals surface area contributed by atoms with Gasteiger partial charge in [-0.15, -0.1) is 0 Å². The predicted octanol–water partition coefficient (Wildman–Crippen LogP) is 2.29. The Kier molecular flexibility index (Phi) is 3.11. The van der Waals surface area contributed by atoms with Crippen molar-refractivity contribution in [2.75, 3.05) is 0 Å². The number of alkyl halides is 3. The molecule has 1 fully saturated rings. The van der Waals surface area contributed by atoms with Gasteiger partial charge in [-0.3, -0.25) is 0 Å². The number of rotatable bonds is 2. The Bertz CT molecular complexity index is 382. The summed E-state index contributed by atoms with van der Waals surface area (Å²) in [4.78, 5) is 3.77. The van der Waals surface area contributed by atoms with Crippen LogP contribution >= 0.6 is 0 Å². The van der Waals surface area contributed by atoms with Crippen LogP contribution in [-0.2, 0) is 12.0 Å². The minimum atomic E-state index is -4.32. The molecule has 4 nitrogen and oxygen atoms in total. The quantitative estimate of drug-likeness (QED) is 0.873. The monoisotopic (exact) mass is 249 g/mol. The average molecular weight is 249 g/mol. The SMILES string of the molecule is NC1(c2nc(CC(F)(F)F)no2)CCCCC1. The van der Waals surface area contributed by atoms with Crippen molar-refractivity contribution < 1.29 is 17.7 Å². The van der Waals surface area contributed by atoms with Gasteiger partial charge in [0.2, 0.25) is 5.89 Å². The summed E-state index contributed by atoms with van der Waals surface area (Å²) in [5.74, 6) is -0.209. The smallest absolute Gasteiger partial charge is 0.337 e. The Morgan fingerprint density at radius 3 is 2.47 bits per heavy atom. The maximum atomic E-state index is 12.1. The highest BCUT2D eigenvalue weighted by molar-refractivity contribution is 5.04. The van der Waals surface area contributed by atoms with Gasteiger partial charge in [-0.1, -0.05) is 24.4 Å². The second kappa shape index (κ2) is 4.29. The first-order chi connectivity index (χ1) is 7.89. The Labute approximate surface area is 96.4 Å². The molecule has 0 radical (unpaired) electrons. The lowest BCUT2D eigenvalue weighted by Gasteiger charge is -2.29. The summed E-state index contributed by atoms with van der Waals surface area (Å²) in [6.07, 6.45) is -1.17. The fourth-order valence-corrected chi connectivity index (χ4v) is 2.10. The van der Waals surface area contributed by atoms with Crippen molar-refractivity contribution in [2.45, 2.75) is 50.2 Å². The van der Waals surface area contributed by atoms with Gasteiger partial charge in [0.1, 0.15) is 6.42 Å². The molecule has 1 aliphatic carbocycles. The van der Waals surface area contributed by atoms with Gasteiger partial charge in [0.05, 0.1) is 5.54 Å². The van der Waals surface area contributed by atoms with Crippen LogP contribution < -0.4 is 5.73 Å². The van der Waals surface area contributed by atoms with E-state index in [0.29, 0.717) is 12.8 Å². The number of nitrogens with zero attached hydrogens (tertiary/aromatic N) is 2. The van der Waals surface area contributed by atoms with Gasteiger partial charge in [0.25, 0.3) is 0 Å². The third-order valence-corrected chi connectivity index (χ3v) is 3.00. The van der Waals surface area contributed by atoms with E-state index in [1.165, 1.54) is 0 Å². The molecule has 96 valence electrons. The maximum absolute atomic E-state index is 12.1. The molecule has 0 aromatic carbocycles. The third kappa shape index (κ3) is 2.96. The summed E-state index contributed by atoms with van der Waals surface area (Å²) in [7, 11) is 0. The second-order valence-corrected chi connectivity index (χ2v) is 4.52. The van der Waals surface area contributed by atoms with Crippen molar-refractivity contribution in [1.82, 2.24) is 10.1 Å². The van der Waals surface area contributed by atoms with Crippen molar-refractivity contribution in [1.29, 1.82) is 0 Å². The molecule has 1 heterocycles. The molecule has 0 unspecified atom stereocenters. The number of nitrogens with two attached hydrogens (primary N) is 1. The number of aromatic nitrogens is 2. The van der Waals surface area contributed by atoms with Crippen LogP contribution in [0.1, 0.15) is 43.8 Å². The van der Waals surface area contributed by atoms with Crippen LogP contribution in [0.4, 0.5) is 13.2 Å². The van der Waals surface area contributed by atoms with Crippen LogP contribution in [0.15, 0.2) is 4.52 Å². The van der Waals surface area contributed by atoms with Crippen LogP contribution in [0.2, 0.25) is 0 Å². The first-order valence-corrected chi connectivity index (χ1v) is 5.58. The summed E-state index contributed by atoms with van der Waals surface area (Å²) in [5.41, 5.74) is 5.34. The predicted molar refractivity (Wildman–Crippen MR) is 53.0 cm³/mol. The molecule has 2 rings (SSSR count). The molecular formula is C10H14F3N3O. The van der Waals surface area contributed by atoms with Crippen LogP contribution in [0, 0.1) is 0 Å². The normalized spacial score (nSPS) is 20.5. The maximum Gasteiger partial charge on any atom is 0.396 e. The lowest BCUT2D eigenvalue weighted by atomic mass is 9.82. The molecule has 0 aliphatic heterocycles. The molecule has 1 saturated carbocycles. The van der Waals surface area contributed by atoms with E-state index in [2.05, 4.69) is 10.1 Å². The van der Waals surface area contributed by atoms with Crippen molar-refractivity contribution in [3.05, 3.63) is 11.7 Å². The zero-order valence-corrected chi connectivity index (χ0v) is 9.26. The molecule has 1 aromatic heterocycles. The average Bonchev–Trinajstić information content (AvgIpc) is 2.65. The molecule has 17 heavy (non-hydrogen) atoms. The summed E-state index contributed by atoms with van der Waals surface area (Å²) >= 11 is 0. The molecule has 2 N–H and O–H groups in total. The van der Waals surface area contributed by atoms with Gasteiger partial charge < -0.3 is 10.3 Å². The van der Waals surface area contributed by atoms with Gasteiger partial charge in [-0.2, -0.15) is 18.2 Å². The topological polar surface area (TPSA) is 64.9 Å². The zero-order valence-electron chi connectivity index (χ0n) is 9.26. The van der Waals surface area contributed by atoms with E-state index < -0.39 is 18.1 Å². The highest BCUT2D eigenvalue weighted by atomic mass is 19.4. The first kappa shape index (κ1) is 12.3. The molecule has 0 spiro atoms. The van der Waals surface area contributed by atoms with Crippen LogP contribution in [0.25, 0.3) is 0 Å². The molecule has 0 amide bonds. The summed E-state index contributed by atoms with van der Waals surface area (Å²) in [6, 6.07) is 0. The highest BCUT2D eigenvalue weighted by Crippen LogP contribution is 2.34. The number of hydrogen-bond donors (Lipinski definition) is 1. The fourth-order valence-electron chi connectivity index (χ4n) is 2.10. The van der Waals surface area contributed by atoms with Crippen molar-refractivity contribution in [3.8, 4) is 0 Å². The van der Waals surface area contributed by atoms with Gasteiger partial charge in [-0.05, 0) is 12.8 Å². The second-order valence-electron chi connectivity index (χ2n) is 4.52. The lowest BCUT2D eigenvalue weighted by molar-refractivity contribution is -0.128. The zero-order chi connectivity index (χ0) is 12.5. The number of halogens is 3. The van der Waals surface area contributed by atoms with Gasteiger partial charge in [-0.25, -0.2) is 0 Å². The van der Waals surface area contributed by atoms with Gasteiger partial charge in [0.15, 0.2) is 5.82 Å². The lowest BCUT2D eigenvalue weighted by Crippen LogP contribution is -2.39. The Balaban J connectivity index is 2.12. The van der Waals surface area contributed by atoms with Gasteiger partial charge >= 0.3 is 6.18 Å². The van der Waals surface area contributed by atoms with E-state index >= 15 is 0 Å². The first-order valence-electron chi connectivity index (χ1n) is 5.58. The van der Waals surface area contributed by atoms with Crippen LogP contribution in [0.3, 0.4) is 0 Å². The van der Waals surface area contributed by atoms with E-state index in [1.54, 1.807) is 0 Å². The molecule has 0 bridgehead atoms. The standard InChI is InChI=1S/C10H14F3N3O/c11-10(12,13)6-7-15-8(17-16-7)9(14)4-2-1-3-5-9/h1-6,14H2. The summed E-state index contributed by atoms with van der Waals surface area (Å²) in [5, 5.41) is 3.34.